The number of rotatable bonds is 3. The number of hydrogen-bond donors (Lipinski definition) is 1. The molecule has 0 aliphatic heterocycles. The van der Waals surface area contributed by atoms with Gasteiger partial charge in [-0.05, 0) is 12.8 Å². The monoisotopic (exact) mass is 224 g/mol. The van der Waals surface area contributed by atoms with Gasteiger partial charge in [0, 0.05) is 13.1 Å². The molecule has 90 valence electrons. The number of ether oxygens (including phenoxy) is 1. The Hall–Kier alpha value is -0.940. The molecule has 16 heavy (non-hydrogen) atoms. The maximum atomic E-state index is 6.09. The van der Waals surface area contributed by atoms with Crippen LogP contribution in [-0.4, -0.2) is 26.9 Å². The van der Waals surface area contributed by atoms with E-state index in [1.165, 1.54) is 19.3 Å². The second-order valence-corrected chi connectivity index (χ2v) is 4.45. The van der Waals surface area contributed by atoms with Crippen LogP contribution in [0.2, 0.25) is 0 Å². The Morgan fingerprint density at radius 1 is 1.44 bits per heavy atom. The minimum absolute atomic E-state index is 0.177. The van der Waals surface area contributed by atoms with E-state index < -0.39 is 0 Å². The smallest absolute Gasteiger partial charge is 0.152 e. The second-order valence-electron chi connectivity index (χ2n) is 4.45. The summed E-state index contributed by atoms with van der Waals surface area (Å²) in [6.07, 6.45) is 7.59. The minimum Gasteiger partial charge on any atom is -0.369 e. The van der Waals surface area contributed by atoms with Crippen LogP contribution in [0.1, 0.15) is 37.9 Å². The van der Waals surface area contributed by atoms with Gasteiger partial charge in [-0.3, -0.25) is 4.68 Å². The first-order chi connectivity index (χ1) is 7.77. The fourth-order valence-corrected chi connectivity index (χ4v) is 2.14. The van der Waals surface area contributed by atoms with Gasteiger partial charge < -0.3 is 10.5 Å². The Kier molecular flexibility index (Phi) is 3.90. The van der Waals surface area contributed by atoms with Gasteiger partial charge in [0.25, 0.3) is 0 Å². The van der Waals surface area contributed by atoms with Crippen molar-refractivity contribution in [1.82, 2.24) is 14.8 Å². The lowest BCUT2D eigenvalue weighted by Gasteiger charge is -2.21. The van der Waals surface area contributed by atoms with Gasteiger partial charge >= 0.3 is 0 Å². The number of nitrogens with two attached hydrogens (primary N) is 1. The van der Waals surface area contributed by atoms with Crippen LogP contribution in [-0.2, 0) is 18.4 Å². The molecular formula is C11H20N4O. The molecule has 5 nitrogen and oxygen atoms in total. The first-order valence-electron chi connectivity index (χ1n) is 5.97. The van der Waals surface area contributed by atoms with Gasteiger partial charge in [0.05, 0.1) is 6.10 Å². The van der Waals surface area contributed by atoms with Crippen LogP contribution < -0.4 is 5.73 Å². The predicted molar refractivity (Wildman–Crippen MR) is 60.6 cm³/mol. The van der Waals surface area contributed by atoms with Gasteiger partial charge in [-0.2, -0.15) is 5.10 Å². The summed E-state index contributed by atoms with van der Waals surface area (Å²) in [4.78, 5) is 4.13. The molecule has 2 rings (SSSR count). The molecule has 2 N–H and O–H groups in total. The molecule has 0 saturated heterocycles. The maximum Gasteiger partial charge on any atom is 0.152 e. The molecule has 2 atom stereocenters. The number of aromatic nitrogens is 3. The molecule has 1 aliphatic carbocycles. The van der Waals surface area contributed by atoms with Crippen molar-refractivity contribution in [2.24, 2.45) is 12.8 Å². The zero-order chi connectivity index (χ0) is 11.4. The van der Waals surface area contributed by atoms with Crippen molar-refractivity contribution in [1.29, 1.82) is 0 Å². The van der Waals surface area contributed by atoms with E-state index in [1.54, 1.807) is 11.0 Å². The van der Waals surface area contributed by atoms with Crippen LogP contribution in [0.25, 0.3) is 0 Å². The Labute approximate surface area is 96.0 Å². The van der Waals surface area contributed by atoms with Crippen molar-refractivity contribution in [2.75, 3.05) is 0 Å². The number of aryl methyl sites for hydroxylation is 1. The summed E-state index contributed by atoms with van der Waals surface area (Å²) in [5.74, 6) is 0.858. The highest BCUT2D eigenvalue weighted by atomic mass is 16.5. The van der Waals surface area contributed by atoms with Crippen LogP contribution in [0.5, 0.6) is 0 Å². The SMILES string of the molecule is Cn1ncnc1COC1CCCCCC1N. The molecule has 0 amide bonds. The lowest BCUT2D eigenvalue weighted by atomic mass is 10.1. The first kappa shape index (κ1) is 11.5. The van der Waals surface area contributed by atoms with Gasteiger partial charge in [-0.1, -0.05) is 19.3 Å². The highest BCUT2D eigenvalue weighted by molar-refractivity contribution is 4.82. The molecule has 2 unspecified atom stereocenters. The summed E-state index contributed by atoms with van der Waals surface area (Å²) < 4.78 is 7.59. The average Bonchev–Trinajstić information content (AvgIpc) is 2.56. The molecule has 1 fully saturated rings. The molecule has 1 saturated carbocycles. The summed E-state index contributed by atoms with van der Waals surface area (Å²) >= 11 is 0. The predicted octanol–water partition coefficient (Wildman–Crippen LogP) is 0.992. The highest BCUT2D eigenvalue weighted by Gasteiger charge is 2.21. The zero-order valence-corrected chi connectivity index (χ0v) is 9.80. The third-order valence-corrected chi connectivity index (χ3v) is 3.24. The third kappa shape index (κ3) is 2.80. The van der Waals surface area contributed by atoms with Crippen LogP contribution in [0.15, 0.2) is 6.33 Å². The molecule has 1 aliphatic rings. The summed E-state index contributed by atoms with van der Waals surface area (Å²) in [6.45, 7) is 0.509. The van der Waals surface area contributed by atoms with Crippen LogP contribution in [0.4, 0.5) is 0 Å². The van der Waals surface area contributed by atoms with E-state index in [2.05, 4.69) is 10.1 Å². The van der Waals surface area contributed by atoms with Crippen molar-refractivity contribution < 1.29 is 4.74 Å². The molecule has 0 radical (unpaired) electrons. The molecule has 0 aromatic carbocycles. The Balaban J connectivity index is 1.86. The first-order valence-corrected chi connectivity index (χ1v) is 5.97. The number of nitrogens with zero attached hydrogens (tertiary/aromatic N) is 3. The van der Waals surface area contributed by atoms with E-state index in [0.29, 0.717) is 6.61 Å². The lowest BCUT2D eigenvalue weighted by molar-refractivity contribution is 0.0147. The van der Waals surface area contributed by atoms with Crippen molar-refractivity contribution in [3.8, 4) is 0 Å². The van der Waals surface area contributed by atoms with Gasteiger partial charge in [0.1, 0.15) is 12.9 Å². The standard InChI is InChI=1S/C11H20N4O/c1-15-11(13-8-14-15)7-16-10-6-4-2-3-5-9(10)12/h8-10H,2-7,12H2,1H3. The van der Waals surface area contributed by atoms with Gasteiger partial charge in [0.15, 0.2) is 5.82 Å². The average molecular weight is 224 g/mol. The zero-order valence-electron chi connectivity index (χ0n) is 9.80. The molecule has 0 bridgehead atoms. The minimum atomic E-state index is 0.177. The molecule has 0 spiro atoms. The third-order valence-electron chi connectivity index (χ3n) is 3.24. The fraction of sp³-hybridized carbons (Fsp3) is 0.818. The van der Waals surface area contributed by atoms with Crippen LogP contribution in [0, 0.1) is 0 Å². The molecule has 1 aromatic heterocycles. The molecule has 1 aromatic rings. The Morgan fingerprint density at radius 3 is 3.00 bits per heavy atom. The number of hydrogen-bond acceptors (Lipinski definition) is 4. The van der Waals surface area contributed by atoms with E-state index in [1.807, 2.05) is 7.05 Å². The quantitative estimate of drug-likeness (QED) is 0.778. The van der Waals surface area contributed by atoms with Crippen LogP contribution >= 0.6 is 0 Å². The van der Waals surface area contributed by atoms with E-state index >= 15 is 0 Å². The Bertz CT molecular complexity index is 326. The van der Waals surface area contributed by atoms with Crippen molar-refractivity contribution in [3.63, 3.8) is 0 Å². The van der Waals surface area contributed by atoms with Crippen molar-refractivity contribution in [2.45, 2.75) is 50.9 Å². The molecule has 5 heteroatoms. The Morgan fingerprint density at radius 2 is 2.25 bits per heavy atom. The molecule has 1 heterocycles. The normalized spacial score (nSPS) is 26.6. The highest BCUT2D eigenvalue weighted by Crippen LogP contribution is 2.19. The summed E-state index contributed by atoms with van der Waals surface area (Å²) in [7, 11) is 1.87. The summed E-state index contributed by atoms with van der Waals surface area (Å²) in [5.41, 5.74) is 6.09. The lowest BCUT2D eigenvalue weighted by Crippen LogP contribution is -2.35. The largest absolute Gasteiger partial charge is 0.369 e. The van der Waals surface area contributed by atoms with Gasteiger partial charge in [-0.25, -0.2) is 4.98 Å². The van der Waals surface area contributed by atoms with E-state index in [0.717, 1.165) is 18.7 Å². The summed E-state index contributed by atoms with van der Waals surface area (Å²) in [5, 5.41) is 4.01. The van der Waals surface area contributed by atoms with E-state index in [-0.39, 0.29) is 12.1 Å². The van der Waals surface area contributed by atoms with E-state index in [9.17, 15) is 0 Å². The van der Waals surface area contributed by atoms with Gasteiger partial charge in [0.2, 0.25) is 0 Å². The second kappa shape index (κ2) is 5.41. The van der Waals surface area contributed by atoms with Crippen molar-refractivity contribution in [3.05, 3.63) is 12.2 Å². The van der Waals surface area contributed by atoms with Crippen LogP contribution in [0.3, 0.4) is 0 Å². The topological polar surface area (TPSA) is 66.0 Å². The van der Waals surface area contributed by atoms with E-state index in [4.69, 9.17) is 10.5 Å². The fourth-order valence-electron chi connectivity index (χ4n) is 2.14. The summed E-state index contributed by atoms with van der Waals surface area (Å²) in [6, 6.07) is 0.177. The maximum absolute atomic E-state index is 6.09. The molecular weight excluding hydrogens is 204 g/mol. The van der Waals surface area contributed by atoms with Crippen molar-refractivity contribution >= 4 is 0 Å². The van der Waals surface area contributed by atoms with Gasteiger partial charge in [-0.15, -0.1) is 0 Å².